The van der Waals surface area contributed by atoms with Gasteiger partial charge in [-0.3, -0.25) is 9.69 Å². The van der Waals surface area contributed by atoms with Crippen molar-refractivity contribution in [3.63, 3.8) is 0 Å². The number of carbonyl (C=O) groups excluding carboxylic acids is 1. The van der Waals surface area contributed by atoms with Gasteiger partial charge in [-0.25, -0.2) is 0 Å². The van der Waals surface area contributed by atoms with Crippen LogP contribution in [0.3, 0.4) is 0 Å². The van der Waals surface area contributed by atoms with E-state index in [1.54, 1.807) is 12.1 Å². The molecule has 2 aromatic carbocycles. The zero-order chi connectivity index (χ0) is 24.9. The van der Waals surface area contributed by atoms with Crippen LogP contribution in [0.25, 0.3) is 22.8 Å². The van der Waals surface area contributed by atoms with Crippen LogP contribution in [0.4, 0.5) is 0 Å². The number of carbonyl (C=O) groups is 1. The van der Waals surface area contributed by atoms with E-state index in [1.165, 1.54) is 0 Å². The van der Waals surface area contributed by atoms with Gasteiger partial charge < -0.3 is 14.4 Å². The number of aromatic nitrogens is 2. The molecule has 0 aliphatic carbocycles. The predicted octanol–water partition coefficient (Wildman–Crippen LogP) is 4.01. The molecule has 1 atom stereocenters. The number of rotatable bonds is 9. The van der Waals surface area contributed by atoms with Gasteiger partial charge in [-0.05, 0) is 55.5 Å². The molecule has 8 nitrogen and oxygen atoms in total. The number of hydrogen-bond acceptors (Lipinski definition) is 8. The topological polar surface area (TPSA) is 112 Å². The molecule has 0 spiro atoms. The van der Waals surface area contributed by atoms with Gasteiger partial charge in [0.05, 0.1) is 18.2 Å². The van der Waals surface area contributed by atoms with Gasteiger partial charge in [-0.15, -0.1) is 0 Å². The van der Waals surface area contributed by atoms with Gasteiger partial charge in [0.25, 0.3) is 5.89 Å². The summed E-state index contributed by atoms with van der Waals surface area (Å²) in [6.07, 6.45) is 1.13. The van der Waals surface area contributed by atoms with Crippen LogP contribution in [0.1, 0.15) is 43.9 Å². The highest BCUT2D eigenvalue weighted by Crippen LogP contribution is 2.31. The summed E-state index contributed by atoms with van der Waals surface area (Å²) in [4.78, 5) is 19.1. The van der Waals surface area contributed by atoms with Crippen LogP contribution in [-0.2, 0) is 17.8 Å². The highest BCUT2D eigenvalue weighted by Gasteiger charge is 2.23. The monoisotopic (exact) mass is 474 g/mol. The molecule has 0 bridgehead atoms. The lowest BCUT2D eigenvalue weighted by atomic mass is 9.93. The Kier molecular flexibility index (Phi) is 7.59. The third kappa shape index (κ3) is 5.76. The smallest absolute Gasteiger partial charge is 0.258 e. The second kappa shape index (κ2) is 10.8. The molecule has 0 radical (unpaired) electrons. The highest BCUT2D eigenvalue weighted by molar-refractivity contribution is 5.80. The number of fused-ring (bicyclic) bond motifs is 1. The highest BCUT2D eigenvalue weighted by atomic mass is 16.5. The van der Waals surface area contributed by atoms with Gasteiger partial charge in [0.1, 0.15) is 17.6 Å². The van der Waals surface area contributed by atoms with E-state index >= 15 is 0 Å². The second-order valence-corrected chi connectivity index (χ2v) is 9.35. The van der Waals surface area contributed by atoms with E-state index in [-0.39, 0.29) is 24.4 Å². The fraction of sp³-hybridized carbons (Fsp3) is 0.407. The van der Waals surface area contributed by atoms with E-state index in [0.717, 1.165) is 29.7 Å². The fourth-order valence-electron chi connectivity index (χ4n) is 4.34. The first-order valence-electron chi connectivity index (χ1n) is 11.9. The minimum Gasteiger partial charge on any atom is -0.490 e. The average molecular weight is 475 g/mol. The Morgan fingerprint density at radius 2 is 2.11 bits per heavy atom. The molecule has 0 saturated carbocycles. The maximum Gasteiger partial charge on any atom is 0.258 e. The first-order valence-corrected chi connectivity index (χ1v) is 11.9. The lowest BCUT2D eigenvalue weighted by Crippen LogP contribution is -2.35. The van der Waals surface area contributed by atoms with Crippen molar-refractivity contribution in [1.29, 1.82) is 5.26 Å². The maximum absolute atomic E-state index is 12.3. The van der Waals surface area contributed by atoms with Crippen LogP contribution < -0.4 is 4.74 Å². The fourth-order valence-corrected chi connectivity index (χ4v) is 4.34. The molecule has 3 aromatic rings. The van der Waals surface area contributed by atoms with E-state index in [9.17, 15) is 15.2 Å². The first kappa shape index (κ1) is 24.6. The molecule has 4 rings (SSSR count). The maximum atomic E-state index is 12.3. The number of aliphatic hydroxyl groups excluding tert-OH is 1. The molecule has 8 heteroatoms. The minimum absolute atomic E-state index is 0.0122. The molecule has 0 unspecified atom stereocenters. The summed E-state index contributed by atoms with van der Waals surface area (Å²) in [6, 6.07) is 13.4. The summed E-state index contributed by atoms with van der Waals surface area (Å²) < 4.78 is 11.2. The van der Waals surface area contributed by atoms with E-state index < -0.39 is 0 Å². The Balaban J connectivity index is 1.52. The number of Topliss-reactive ketones (excluding diaryl/α,β-unsaturated/α-hetero) is 1. The lowest BCUT2D eigenvalue weighted by Gasteiger charge is -2.29. The Morgan fingerprint density at radius 1 is 1.29 bits per heavy atom. The molecule has 0 amide bonds. The van der Waals surface area contributed by atoms with Crippen LogP contribution in [0.5, 0.6) is 5.75 Å². The molecule has 1 aliphatic rings. The van der Waals surface area contributed by atoms with E-state index in [4.69, 9.17) is 9.26 Å². The zero-order valence-electron chi connectivity index (χ0n) is 20.3. The van der Waals surface area contributed by atoms with Crippen LogP contribution in [0.2, 0.25) is 0 Å². The van der Waals surface area contributed by atoms with Gasteiger partial charge in [0.15, 0.2) is 0 Å². The Bertz CT molecular complexity index is 1240. The standard InChI is InChI=1S/C27H30N4O4/c1-17(2)34-25-8-7-19(12-21(25)13-28)27-29-26(30-35-27)24-6-4-5-20-14-31(10-9-23(20)24)15-22(33)11-18(3)16-32/h4-8,12,17-18,32H,9-11,14-16H2,1-3H3/t18-/m1/s1. The first-order chi connectivity index (χ1) is 16.9. The minimum atomic E-state index is -0.0367. The molecule has 1 N–H and O–H groups in total. The van der Waals surface area contributed by atoms with Gasteiger partial charge in [0, 0.05) is 37.2 Å². The van der Waals surface area contributed by atoms with Crippen molar-refractivity contribution >= 4 is 5.78 Å². The molecular formula is C27H30N4O4. The second-order valence-electron chi connectivity index (χ2n) is 9.35. The van der Waals surface area contributed by atoms with Gasteiger partial charge in [-0.1, -0.05) is 30.3 Å². The van der Waals surface area contributed by atoms with Crippen molar-refractivity contribution in [3.8, 4) is 34.7 Å². The molecule has 0 fully saturated rings. The van der Waals surface area contributed by atoms with Gasteiger partial charge in [0.2, 0.25) is 5.82 Å². The number of ether oxygens (including phenoxy) is 1. The Labute approximate surface area is 205 Å². The summed E-state index contributed by atoms with van der Waals surface area (Å²) in [5, 5.41) is 22.9. The number of hydrogen-bond donors (Lipinski definition) is 1. The van der Waals surface area contributed by atoms with E-state index in [1.807, 2.05) is 39.0 Å². The molecular weight excluding hydrogens is 444 g/mol. The normalized spacial score (nSPS) is 14.4. The largest absolute Gasteiger partial charge is 0.490 e. The zero-order valence-corrected chi connectivity index (χ0v) is 20.3. The number of nitriles is 1. The quantitative estimate of drug-likeness (QED) is 0.495. The van der Waals surface area contributed by atoms with Gasteiger partial charge >= 0.3 is 0 Å². The van der Waals surface area contributed by atoms with Crippen LogP contribution in [0.15, 0.2) is 40.9 Å². The lowest BCUT2D eigenvalue weighted by molar-refractivity contribution is -0.121. The van der Waals surface area contributed by atoms with E-state index in [2.05, 4.69) is 27.2 Å². The number of nitrogens with zero attached hydrogens (tertiary/aromatic N) is 4. The van der Waals surface area contributed by atoms with Crippen molar-refractivity contribution in [2.24, 2.45) is 5.92 Å². The summed E-state index contributed by atoms with van der Waals surface area (Å²) in [5.41, 5.74) is 4.28. The molecule has 182 valence electrons. The Morgan fingerprint density at radius 3 is 2.86 bits per heavy atom. The van der Waals surface area contributed by atoms with Crippen molar-refractivity contribution in [2.75, 3.05) is 19.7 Å². The molecule has 1 aromatic heterocycles. The van der Waals surface area contributed by atoms with Crippen LogP contribution >= 0.6 is 0 Å². The van der Waals surface area contributed by atoms with Crippen molar-refractivity contribution < 1.29 is 19.2 Å². The molecule has 35 heavy (non-hydrogen) atoms. The summed E-state index contributed by atoms with van der Waals surface area (Å²) in [5.74, 6) is 1.50. The molecule has 1 aliphatic heterocycles. The van der Waals surface area contributed by atoms with Crippen LogP contribution in [-0.4, -0.2) is 51.7 Å². The van der Waals surface area contributed by atoms with Crippen molar-refractivity contribution in [2.45, 2.75) is 46.3 Å². The number of benzene rings is 2. The summed E-state index contributed by atoms with van der Waals surface area (Å²) in [6.45, 7) is 7.55. The summed E-state index contributed by atoms with van der Waals surface area (Å²) in [7, 11) is 0. The molecule has 2 heterocycles. The van der Waals surface area contributed by atoms with Crippen LogP contribution in [0, 0.1) is 17.2 Å². The average Bonchev–Trinajstić information content (AvgIpc) is 3.33. The summed E-state index contributed by atoms with van der Waals surface area (Å²) >= 11 is 0. The molecule has 0 saturated heterocycles. The number of aliphatic hydroxyl groups is 1. The predicted molar refractivity (Wildman–Crippen MR) is 131 cm³/mol. The number of ketones is 1. The third-order valence-electron chi connectivity index (χ3n) is 6.01. The van der Waals surface area contributed by atoms with E-state index in [0.29, 0.717) is 48.1 Å². The van der Waals surface area contributed by atoms with Crippen molar-refractivity contribution in [3.05, 3.63) is 53.1 Å². The van der Waals surface area contributed by atoms with Gasteiger partial charge in [-0.2, -0.15) is 10.2 Å². The Hall–Kier alpha value is -3.54. The third-order valence-corrected chi connectivity index (χ3v) is 6.01. The van der Waals surface area contributed by atoms with Crippen molar-refractivity contribution in [1.82, 2.24) is 15.0 Å². The SMILES string of the molecule is CC(C)Oc1ccc(-c2nc(-c3cccc4c3CCN(CC(=O)C[C@@H](C)CO)C4)no2)cc1C#N.